The molecule has 2 fully saturated rings. The van der Waals surface area contributed by atoms with Crippen molar-refractivity contribution in [1.29, 1.82) is 0 Å². The highest BCUT2D eigenvalue weighted by atomic mass is 35.5. The van der Waals surface area contributed by atoms with Gasteiger partial charge in [0.2, 0.25) is 0 Å². The summed E-state index contributed by atoms with van der Waals surface area (Å²) >= 11 is 0. The zero-order valence-electron chi connectivity index (χ0n) is 18.7. The smallest absolute Gasteiger partial charge is 0.254 e. The van der Waals surface area contributed by atoms with Crippen molar-refractivity contribution in [3.05, 3.63) is 70.5 Å². The highest BCUT2D eigenvalue weighted by Gasteiger charge is 2.40. The van der Waals surface area contributed by atoms with Gasteiger partial charge in [-0.25, -0.2) is 4.39 Å². The van der Waals surface area contributed by atoms with Gasteiger partial charge in [-0.3, -0.25) is 9.59 Å². The number of fused-ring (bicyclic) bond motifs is 3. The number of halogens is 2. The first-order valence-electron chi connectivity index (χ1n) is 11.5. The van der Waals surface area contributed by atoms with Gasteiger partial charge in [-0.15, -0.1) is 12.4 Å². The van der Waals surface area contributed by atoms with E-state index in [2.05, 4.69) is 10.6 Å². The lowest BCUT2D eigenvalue weighted by Gasteiger charge is -2.34. The number of nitrogens with zero attached hydrogens (tertiary/aromatic N) is 1. The fraction of sp³-hybridized carbons (Fsp3) is 0.440. The Morgan fingerprint density at radius 1 is 1.15 bits per heavy atom. The second-order valence-corrected chi connectivity index (χ2v) is 9.07. The van der Waals surface area contributed by atoms with Gasteiger partial charge in [-0.2, -0.15) is 0 Å². The molecule has 0 aliphatic carbocycles. The van der Waals surface area contributed by atoms with Crippen molar-refractivity contribution in [3.63, 3.8) is 0 Å². The summed E-state index contributed by atoms with van der Waals surface area (Å²) in [5.41, 5.74) is 2.46. The van der Waals surface area contributed by atoms with E-state index in [1.165, 1.54) is 23.3 Å². The fourth-order valence-corrected chi connectivity index (χ4v) is 5.13. The summed E-state index contributed by atoms with van der Waals surface area (Å²) in [6.45, 7) is 1.67. The molecule has 0 spiro atoms. The van der Waals surface area contributed by atoms with Crippen LogP contribution in [0.15, 0.2) is 42.5 Å². The highest BCUT2D eigenvalue weighted by Crippen LogP contribution is 2.30. The molecule has 0 aromatic heterocycles. The van der Waals surface area contributed by atoms with Gasteiger partial charge in [0.05, 0.1) is 37.0 Å². The summed E-state index contributed by atoms with van der Waals surface area (Å²) < 4.78 is 20.3. The van der Waals surface area contributed by atoms with Crippen molar-refractivity contribution in [2.45, 2.75) is 50.0 Å². The van der Waals surface area contributed by atoms with Gasteiger partial charge in [0.15, 0.2) is 0 Å². The van der Waals surface area contributed by atoms with Crippen LogP contribution in [0.2, 0.25) is 0 Å². The van der Waals surface area contributed by atoms with Crippen molar-refractivity contribution in [2.75, 3.05) is 19.8 Å². The Balaban J connectivity index is 0.00000274. The molecule has 0 saturated carbocycles. The van der Waals surface area contributed by atoms with Gasteiger partial charge in [-0.1, -0.05) is 24.3 Å². The van der Waals surface area contributed by atoms with Gasteiger partial charge in [-0.05, 0) is 48.6 Å². The first kappa shape index (κ1) is 24.6. The molecule has 3 aliphatic heterocycles. The molecule has 9 heteroatoms. The number of aliphatic hydroxyl groups excluding tert-OH is 1. The predicted octanol–water partition coefficient (Wildman–Crippen LogP) is 2.06. The molecule has 7 nitrogen and oxygen atoms in total. The van der Waals surface area contributed by atoms with Gasteiger partial charge in [0, 0.05) is 24.7 Å². The van der Waals surface area contributed by atoms with Gasteiger partial charge in [0.1, 0.15) is 5.82 Å². The molecule has 34 heavy (non-hydrogen) atoms. The van der Waals surface area contributed by atoms with Gasteiger partial charge in [0.25, 0.3) is 11.8 Å². The van der Waals surface area contributed by atoms with Crippen molar-refractivity contribution >= 4 is 24.2 Å². The Bertz CT molecular complexity index is 1050. The van der Waals surface area contributed by atoms with E-state index in [0.717, 1.165) is 18.9 Å². The Kier molecular flexibility index (Phi) is 7.52. The summed E-state index contributed by atoms with van der Waals surface area (Å²) in [7, 11) is 0. The van der Waals surface area contributed by atoms with E-state index in [9.17, 15) is 19.1 Å². The number of carbonyl (C=O) groups is 2. The Hall–Kier alpha value is -2.52. The number of aliphatic hydroxyl groups is 1. The number of nitrogens with one attached hydrogen (secondary N) is 2. The molecule has 2 bridgehead atoms. The number of carbonyl (C=O) groups excluding carboxylic acids is 2. The zero-order valence-corrected chi connectivity index (χ0v) is 19.5. The van der Waals surface area contributed by atoms with Crippen molar-refractivity contribution < 1.29 is 23.8 Å². The van der Waals surface area contributed by atoms with Crippen LogP contribution in [-0.4, -0.2) is 65.8 Å². The highest BCUT2D eigenvalue weighted by molar-refractivity contribution is 5.98. The number of hydrogen-bond donors (Lipinski definition) is 3. The quantitative estimate of drug-likeness (QED) is 0.598. The molecule has 2 amide bonds. The number of morpholine rings is 1. The van der Waals surface area contributed by atoms with Crippen LogP contribution in [0.1, 0.15) is 44.7 Å². The minimum atomic E-state index is -0.817. The van der Waals surface area contributed by atoms with Crippen molar-refractivity contribution in [2.24, 2.45) is 0 Å². The van der Waals surface area contributed by atoms with Crippen molar-refractivity contribution in [3.8, 4) is 0 Å². The normalized spacial score (nSPS) is 24.1. The second-order valence-electron chi connectivity index (χ2n) is 9.07. The maximum Gasteiger partial charge on any atom is 0.254 e. The SMILES string of the molecule is Cl.O=C(NCC(O)[C@@H]1Cc2ccccc2CN1)c1ccc(C(=O)N2C3CCC2COC3)cc1F. The molecule has 2 saturated heterocycles. The van der Waals surface area contributed by atoms with Gasteiger partial charge < -0.3 is 25.4 Å². The minimum Gasteiger partial charge on any atom is -0.390 e. The number of rotatable bonds is 5. The molecular formula is C25H29ClFN3O4. The first-order chi connectivity index (χ1) is 16.0. The summed E-state index contributed by atoms with van der Waals surface area (Å²) in [5.74, 6) is -1.60. The summed E-state index contributed by atoms with van der Waals surface area (Å²) in [6.07, 6.45) is 1.62. The number of ether oxygens (including phenoxy) is 1. The average Bonchev–Trinajstić information content (AvgIpc) is 3.09. The molecule has 0 radical (unpaired) electrons. The molecule has 182 valence electrons. The lowest BCUT2D eigenvalue weighted by atomic mass is 9.93. The standard InChI is InChI=1S/C25H28FN3O4.ClH/c26-21-9-16(25(32)29-18-6-7-19(29)14-33-13-18)5-8-20(21)24(31)28-12-23(30)22-10-15-3-1-2-4-17(15)11-27-22;/h1-5,8-9,18-19,22-23,27,30H,6-7,10-14H2,(H,28,31);1H/t18?,19?,22-,23?;/m0./s1. The first-order valence-corrected chi connectivity index (χ1v) is 11.5. The maximum atomic E-state index is 14.8. The summed E-state index contributed by atoms with van der Waals surface area (Å²) in [6, 6.07) is 11.9. The third kappa shape index (κ3) is 4.81. The Labute approximate surface area is 204 Å². The Morgan fingerprint density at radius 2 is 1.85 bits per heavy atom. The number of benzene rings is 2. The van der Waals surface area contributed by atoms with Gasteiger partial charge >= 0.3 is 0 Å². The van der Waals surface area contributed by atoms with Crippen LogP contribution in [0.5, 0.6) is 0 Å². The zero-order chi connectivity index (χ0) is 22.9. The molecular weight excluding hydrogens is 461 g/mol. The molecule has 2 aromatic carbocycles. The molecule has 4 atom stereocenters. The van der Waals surface area contributed by atoms with Crippen LogP contribution in [0, 0.1) is 5.82 Å². The third-order valence-electron chi connectivity index (χ3n) is 6.98. The van der Waals surface area contributed by atoms with Crippen LogP contribution in [0.4, 0.5) is 4.39 Å². The van der Waals surface area contributed by atoms with E-state index in [-0.39, 0.29) is 54.1 Å². The lowest BCUT2D eigenvalue weighted by molar-refractivity contribution is -0.00718. The van der Waals surface area contributed by atoms with E-state index in [1.807, 2.05) is 24.3 Å². The molecule has 2 aromatic rings. The van der Waals surface area contributed by atoms with Crippen molar-refractivity contribution in [1.82, 2.24) is 15.5 Å². The van der Waals surface area contributed by atoms with Crippen LogP contribution < -0.4 is 10.6 Å². The third-order valence-corrected chi connectivity index (χ3v) is 6.98. The average molecular weight is 490 g/mol. The van der Waals surface area contributed by atoms with Crippen LogP contribution in [-0.2, 0) is 17.7 Å². The largest absolute Gasteiger partial charge is 0.390 e. The van der Waals surface area contributed by atoms with E-state index >= 15 is 0 Å². The number of hydrogen-bond acceptors (Lipinski definition) is 5. The molecule has 3 heterocycles. The topological polar surface area (TPSA) is 90.9 Å². The summed E-state index contributed by atoms with van der Waals surface area (Å²) in [4.78, 5) is 27.3. The monoisotopic (exact) mass is 489 g/mol. The van der Waals surface area contributed by atoms with Crippen LogP contribution in [0.25, 0.3) is 0 Å². The van der Waals surface area contributed by atoms with E-state index in [4.69, 9.17) is 4.74 Å². The minimum absolute atomic E-state index is 0. The maximum absolute atomic E-state index is 14.8. The predicted molar refractivity (Wildman–Crippen MR) is 127 cm³/mol. The summed E-state index contributed by atoms with van der Waals surface area (Å²) in [5, 5.41) is 16.5. The second kappa shape index (κ2) is 10.4. The van der Waals surface area contributed by atoms with E-state index in [1.54, 1.807) is 4.90 Å². The fourth-order valence-electron chi connectivity index (χ4n) is 5.13. The molecule has 3 unspecified atom stereocenters. The lowest BCUT2D eigenvalue weighted by Crippen LogP contribution is -2.49. The molecule has 3 N–H and O–H groups in total. The Morgan fingerprint density at radius 3 is 2.56 bits per heavy atom. The number of amides is 2. The molecule has 3 aliphatic rings. The van der Waals surface area contributed by atoms with E-state index < -0.39 is 17.8 Å². The molecule has 5 rings (SSSR count). The van der Waals surface area contributed by atoms with E-state index in [0.29, 0.717) is 26.2 Å². The van der Waals surface area contributed by atoms with Crippen LogP contribution in [0.3, 0.4) is 0 Å². The van der Waals surface area contributed by atoms with Crippen LogP contribution >= 0.6 is 12.4 Å².